The summed E-state index contributed by atoms with van der Waals surface area (Å²) in [7, 11) is -0.926. The standard InChI is InChI=1S/C21H23ClF3N3O3S/c1-26(2)32(30,31)17-6-7-19(22)18(13-17)20(29)28-10-8-27(9-11-28)14-15-4-3-5-16(12-15)21(23,24)25/h3-7,12-13H,8-11,14H2,1-2H3. The molecule has 3 rings (SSSR count). The van der Waals surface area contributed by atoms with Gasteiger partial charge in [0.15, 0.2) is 0 Å². The molecule has 0 spiro atoms. The van der Waals surface area contributed by atoms with Crippen LogP contribution in [0.3, 0.4) is 0 Å². The Morgan fingerprint density at radius 3 is 2.31 bits per heavy atom. The van der Waals surface area contributed by atoms with Gasteiger partial charge in [-0.2, -0.15) is 13.2 Å². The second-order valence-corrected chi connectivity index (χ2v) is 10.3. The Labute approximate surface area is 190 Å². The molecule has 32 heavy (non-hydrogen) atoms. The molecule has 11 heteroatoms. The molecule has 0 atom stereocenters. The average Bonchev–Trinajstić information content (AvgIpc) is 2.73. The van der Waals surface area contributed by atoms with Crippen molar-refractivity contribution in [2.75, 3.05) is 40.3 Å². The van der Waals surface area contributed by atoms with Crippen LogP contribution < -0.4 is 0 Å². The number of benzene rings is 2. The van der Waals surface area contributed by atoms with E-state index < -0.39 is 21.8 Å². The fourth-order valence-electron chi connectivity index (χ4n) is 3.42. The second kappa shape index (κ2) is 9.38. The van der Waals surface area contributed by atoms with Gasteiger partial charge in [0.2, 0.25) is 10.0 Å². The third-order valence-corrected chi connectivity index (χ3v) is 7.41. The Kier molecular flexibility index (Phi) is 7.18. The van der Waals surface area contributed by atoms with E-state index in [1.807, 2.05) is 4.90 Å². The lowest BCUT2D eigenvalue weighted by molar-refractivity contribution is -0.137. The molecule has 0 N–H and O–H groups in total. The molecule has 0 aliphatic carbocycles. The van der Waals surface area contributed by atoms with Crippen molar-refractivity contribution in [2.24, 2.45) is 0 Å². The molecule has 1 aliphatic heterocycles. The minimum atomic E-state index is -4.39. The topological polar surface area (TPSA) is 60.9 Å². The first kappa shape index (κ1) is 24.5. The molecule has 1 saturated heterocycles. The van der Waals surface area contributed by atoms with Crippen molar-refractivity contribution in [1.29, 1.82) is 0 Å². The van der Waals surface area contributed by atoms with Crippen molar-refractivity contribution in [2.45, 2.75) is 17.6 Å². The average molecular weight is 490 g/mol. The molecule has 0 bridgehead atoms. The third-order valence-electron chi connectivity index (χ3n) is 5.27. The molecule has 1 aliphatic rings. The molecule has 0 unspecified atom stereocenters. The first-order valence-corrected chi connectivity index (χ1v) is 11.6. The van der Waals surface area contributed by atoms with Gasteiger partial charge in [-0.15, -0.1) is 0 Å². The number of sulfonamides is 1. The van der Waals surface area contributed by atoms with E-state index in [0.717, 1.165) is 16.4 Å². The van der Waals surface area contributed by atoms with E-state index in [4.69, 9.17) is 11.6 Å². The molecule has 1 fully saturated rings. The number of rotatable bonds is 5. The van der Waals surface area contributed by atoms with Gasteiger partial charge < -0.3 is 4.90 Å². The summed E-state index contributed by atoms with van der Waals surface area (Å²) >= 11 is 6.17. The number of piperazine rings is 1. The zero-order valence-electron chi connectivity index (χ0n) is 17.6. The summed E-state index contributed by atoms with van der Waals surface area (Å²) in [6.07, 6.45) is -4.39. The van der Waals surface area contributed by atoms with E-state index in [1.165, 1.54) is 38.4 Å². The molecule has 1 heterocycles. The SMILES string of the molecule is CN(C)S(=O)(=O)c1ccc(Cl)c(C(=O)N2CCN(Cc3cccc(C(F)(F)F)c3)CC2)c1. The molecular formula is C21H23ClF3N3O3S. The van der Waals surface area contributed by atoms with Gasteiger partial charge >= 0.3 is 6.18 Å². The minimum absolute atomic E-state index is 0.0292. The maximum atomic E-state index is 13.0. The molecule has 0 saturated carbocycles. The van der Waals surface area contributed by atoms with Gasteiger partial charge in [0.1, 0.15) is 0 Å². The highest BCUT2D eigenvalue weighted by molar-refractivity contribution is 7.89. The summed E-state index contributed by atoms with van der Waals surface area (Å²) in [4.78, 5) is 16.5. The Bertz CT molecular complexity index is 1100. The van der Waals surface area contributed by atoms with Crippen molar-refractivity contribution >= 4 is 27.5 Å². The Hall–Kier alpha value is -2.14. The van der Waals surface area contributed by atoms with E-state index in [0.29, 0.717) is 38.3 Å². The number of nitrogens with zero attached hydrogens (tertiary/aromatic N) is 3. The van der Waals surface area contributed by atoms with Crippen LogP contribution in [0.2, 0.25) is 5.02 Å². The van der Waals surface area contributed by atoms with Crippen LogP contribution in [-0.2, 0) is 22.7 Å². The largest absolute Gasteiger partial charge is 0.416 e. The highest BCUT2D eigenvalue weighted by Gasteiger charge is 2.31. The summed E-state index contributed by atoms with van der Waals surface area (Å²) in [5, 5.41) is 0.152. The van der Waals surface area contributed by atoms with Crippen LogP contribution in [-0.4, -0.2) is 68.7 Å². The molecule has 1 amide bonds. The van der Waals surface area contributed by atoms with Crippen LogP contribution >= 0.6 is 11.6 Å². The lowest BCUT2D eigenvalue weighted by Crippen LogP contribution is -2.48. The molecule has 0 radical (unpaired) electrons. The number of carbonyl (C=O) groups excluding carboxylic acids is 1. The third kappa shape index (κ3) is 5.43. The number of carbonyl (C=O) groups is 1. The lowest BCUT2D eigenvalue weighted by Gasteiger charge is -2.35. The smallest absolute Gasteiger partial charge is 0.336 e. The van der Waals surface area contributed by atoms with Crippen LogP contribution in [0.25, 0.3) is 0 Å². The normalized spacial score (nSPS) is 15.9. The predicted octanol–water partition coefficient (Wildman–Crippen LogP) is 3.57. The zero-order valence-corrected chi connectivity index (χ0v) is 19.1. The number of hydrogen-bond acceptors (Lipinski definition) is 4. The lowest BCUT2D eigenvalue weighted by atomic mass is 10.1. The van der Waals surface area contributed by atoms with Crippen molar-refractivity contribution in [3.8, 4) is 0 Å². The summed E-state index contributed by atoms with van der Waals surface area (Å²) in [5.41, 5.74) is -0.0452. The Balaban J connectivity index is 1.68. The summed E-state index contributed by atoms with van der Waals surface area (Å²) < 4.78 is 64.6. The number of halogens is 4. The molecule has 2 aromatic rings. The number of alkyl halides is 3. The van der Waals surface area contributed by atoms with Gasteiger partial charge in [-0.05, 0) is 29.8 Å². The molecule has 2 aromatic carbocycles. The van der Waals surface area contributed by atoms with E-state index in [-0.39, 0.29) is 21.4 Å². The van der Waals surface area contributed by atoms with Gasteiger partial charge in [0.25, 0.3) is 5.91 Å². The molecule has 6 nitrogen and oxygen atoms in total. The van der Waals surface area contributed by atoms with Crippen LogP contribution in [0.15, 0.2) is 47.4 Å². The number of amides is 1. The summed E-state index contributed by atoms with van der Waals surface area (Å²) in [6.45, 7) is 1.96. The predicted molar refractivity (Wildman–Crippen MR) is 115 cm³/mol. The fourth-order valence-corrected chi connectivity index (χ4v) is 4.55. The first-order chi connectivity index (χ1) is 14.9. The van der Waals surface area contributed by atoms with Gasteiger partial charge in [0.05, 0.1) is 21.0 Å². The van der Waals surface area contributed by atoms with Crippen molar-refractivity contribution in [1.82, 2.24) is 14.1 Å². The maximum absolute atomic E-state index is 13.0. The maximum Gasteiger partial charge on any atom is 0.416 e. The summed E-state index contributed by atoms with van der Waals surface area (Å²) in [5.74, 6) is -0.385. The highest BCUT2D eigenvalue weighted by Crippen LogP contribution is 2.30. The first-order valence-electron chi connectivity index (χ1n) is 9.79. The van der Waals surface area contributed by atoms with E-state index >= 15 is 0 Å². The van der Waals surface area contributed by atoms with Gasteiger partial charge in [0, 0.05) is 46.8 Å². The summed E-state index contributed by atoms with van der Waals surface area (Å²) in [6, 6.07) is 9.20. The zero-order chi connectivity index (χ0) is 23.7. The van der Waals surface area contributed by atoms with Gasteiger partial charge in [-0.1, -0.05) is 29.8 Å². The van der Waals surface area contributed by atoms with Crippen molar-refractivity contribution < 1.29 is 26.4 Å². The fraction of sp³-hybridized carbons (Fsp3) is 0.381. The van der Waals surface area contributed by atoms with Crippen molar-refractivity contribution in [3.63, 3.8) is 0 Å². The van der Waals surface area contributed by atoms with Crippen molar-refractivity contribution in [3.05, 3.63) is 64.2 Å². The molecule has 174 valence electrons. The monoisotopic (exact) mass is 489 g/mol. The Morgan fingerprint density at radius 1 is 1.06 bits per heavy atom. The molecular weight excluding hydrogens is 467 g/mol. The minimum Gasteiger partial charge on any atom is -0.336 e. The van der Waals surface area contributed by atoms with E-state index in [1.54, 1.807) is 11.0 Å². The Morgan fingerprint density at radius 2 is 1.72 bits per heavy atom. The van der Waals surface area contributed by atoms with E-state index in [2.05, 4.69) is 0 Å². The van der Waals surface area contributed by atoms with Crippen LogP contribution in [0, 0.1) is 0 Å². The molecule has 0 aromatic heterocycles. The van der Waals surface area contributed by atoms with Crippen LogP contribution in [0.4, 0.5) is 13.2 Å². The van der Waals surface area contributed by atoms with Gasteiger partial charge in [-0.25, -0.2) is 12.7 Å². The quantitative estimate of drug-likeness (QED) is 0.644. The highest BCUT2D eigenvalue weighted by atomic mass is 35.5. The van der Waals surface area contributed by atoms with Crippen LogP contribution in [0.5, 0.6) is 0 Å². The van der Waals surface area contributed by atoms with Crippen LogP contribution in [0.1, 0.15) is 21.5 Å². The second-order valence-electron chi connectivity index (χ2n) is 7.70. The number of hydrogen-bond donors (Lipinski definition) is 0. The van der Waals surface area contributed by atoms with E-state index in [9.17, 15) is 26.4 Å². The van der Waals surface area contributed by atoms with Gasteiger partial charge in [-0.3, -0.25) is 9.69 Å².